The van der Waals surface area contributed by atoms with Crippen molar-refractivity contribution in [2.24, 2.45) is 5.73 Å². The third-order valence-corrected chi connectivity index (χ3v) is 4.73. The standard InChI is InChI=1S/C17H25N3OS.ClH/c1-13(2)20(3)9-4-10-21-15-7-5-14(6-8-15)17-19-12-16(11-18)22-17;/h5-8,12-13H,4,9-11,18H2,1-3H3;1H. The zero-order valence-corrected chi connectivity index (χ0v) is 15.6. The molecule has 1 aromatic heterocycles. The Morgan fingerprint density at radius 1 is 1.26 bits per heavy atom. The molecule has 2 N–H and O–H groups in total. The predicted molar refractivity (Wildman–Crippen MR) is 101 cm³/mol. The van der Waals surface area contributed by atoms with Gasteiger partial charge >= 0.3 is 0 Å². The van der Waals surface area contributed by atoms with E-state index in [0.717, 1.165) is 40.8 Å². The number of ether oxygens (including phenoxy) is 1. The van der Waals surface area contributed by atoms with Crippen LogP contribution in [0, 0.1) is 0 Å². The molecule has 0 atom stereocenters. The van der Waals surface area contributed by atoms with Crippen molar-refractivity contribution in [2.45, 2.75) is 32.9 Å². The average Bonchev–Trinajstić information content (AvgIpc) is 3.01. The van der Waals surface area contributed by atoms with E-state index in [1.54, 1.807) is 11.3 Å². The van der Waals surface area contributed by atoms with Gasteiger partial charge in [0.05, 0.1) is 6.61 Å². The van der Waals surface area contributed by atoms with Crippen LogP contribution >= 0.6 is 23.7 Å². The number of hydrogen-bond donors (Lipinski definition) is 1. The van der Waals surface area contributed by atoms with Gasteiger partial charge in [-0.1, -0.05) is 0 Å². The SMILES string of the molecule is CC(C)N(C)CCCOc1ccc(-c2ncc(CN)s2)cc1.Cl. The zero-order chi connectivity index (χ0) is 15.9. The van der Waals surface area contributed by atoms with Crippen molar-refractivity contribution in [1.29, 1.82) is 0 Å². The Labute approximate surface area is 149 Å². The number of rotatable bonds is 8. The molecule has 0 bridgehead atoms. The van der Waals surface area contributed by atoms with E-state index in [1.165, 1.54) is 0 Å². The number of hydrogen-bond acceptors (Lipinski definition) is 5. The first-order valence-corrected chi connectivity index (χ1v) is 8.50. The first-order chi connectivity index (χ1) is 10.6. The molecule has 2 aromatic rings. The van der Waals surface area contributed by atoms with E-state index in [9.17, 15) is 0 Å². The first kappa shape index (κ1) is 19.9. The van der Waals surface area contributed by atoms with Crippen LogP contribution < -0.4 is 10.5 Å². The highest BCUT2D eigenvalue weighted by Gasteiger charge is 2.05. The summed E-state index contributed by atoms with van der Waals surface area (Å²) in [6.45, 7) is 6.74. The summed E-state index contributed by atoms with van der Waals surface area (Å²) in [7, 11) is 2.14. The third kappa shape index (κ3) is 6.11. The first-order valence-electron chi connectivity index (χ1n) is 7.68. The summed E-state index contributed by atoms with van der Waals surface area (Å²) in [6, 6.07) is 8.69. The second kappa shape index (κ2) is 9.88. The summed E-state index contributed by atoms with van der Waals surface area (Å²) in [6.07, 6.45) is 2.87. The predicted octanol–water partition coefficient (Wildman–Crippen LogP) is 3.80. The molecule has 0 amide bonds. The Kier molecular flexibility index (Phi) is 8.55. The lowest BCUT2D eigenvalue weighted by Gasteiger charge is -2.20. The smallest absolute Gasteiger partial charge is 0.123 e. The summed E-state index contributed by atoms with van der Waals surface area (Å²) >= 11 is 1.64. The topological polar surface area (TPSA) is 51.4 Å². The van der Waals surface area contributed by atoms with E-state index >= 15 is 0 Å². The molecular weight excluding hydrogens is 330 g/mol. The average molecular weight is 356 g/mol. The molecule has 1 heterocycles. The molecule has 0 spiro atoms. The van der Waals surface area contributed by atoms with E-state index in [-0.39, 0.29) is 12.4 Å². The summed E-state index contributed by atoms with van der Waals surface area (Å²) in [4.78, 5) is 7.82. The molecular formula is C17H26ClN3OS. The fourth-order valence-electron chi connectivity index (χ4n) is 1.99. The number of thiazole rings is 1. The van der Waals surface area contributed by atoms with Crippen molar-refractivity contribution >= 4 is 23.7 Å². The largest absolute Gasteiger partial charge is 0.494 e. The maximum atomic E-state index is 5.79. The van der Waals surface area contributed by atoms with Crippen molar-refractivity contribution in [1.82, 2.24) is 9.88 Å². The van der Waals surface area contributed by atoms with Crippen LogP contribution in [0.15, 0.2) is 30.5 Å². The fraction of sp³-hybridized carbons (Fsp3) is 0.471. The molecule has 0 unspecified atom stereocenters. The monoisotopic (exact) mass is 355 g/mol. The molecule has 128 valence electrons. The molecule has 0 saturated heterocycles. The maximum Gasteiger partial charge on any atom is 0.123 e. The lowest BCUT2D eigenvalue weighted by atomic mass is 10.2. The van der Waals surface area contributed by atoms with Crippen molar-refractivity contribution in [2.75, 3.05) is 20.2 Å². The van der Waals surface area contributed by atoms with E-state index in [0.29, 0.717) is 12.6 Å². The van der Waals surface area contributed by atoms with Gasteiger partial charge < -0.3 is 15.4 Å². The van der Waals surface area contributed by atoms with Crippen molar-refractivity contribution in [3.05, 3.63) is 35.3 Å². The highest BCUT2D eigenvalue weighted by molar-refractivity contribution is 7.15. The van der Waals surface area contributed by atoms with Crippen LogP contribution in [0.3, 0.4) is 0 Å². The minimum absolute atomic E-state index is 0. The molecule has 23 heavy (non-hydrogen) atoms. The molecule has 2 rings (SSSR count). The van der Waals surface area contributed by atoms with Gasteiger partial charge in [0.15, 0.2) is 0 Å². The summed E-state index contributed by atoms with van der Waals surface area (Å²) in [5.41, 5.74) is 6.73. The molecule has 0 aliphatic rings. The molecule has 4 nitrogen and oxygen atoms in total. The van der Waals surface area contributed by atoms with Gasteiger partial charge in [-0.3, -0.25) is 0 Å². The van der Waals surface area contributed by atoms with Crippen LogP contribution in [-0.4, -0.2) is 36.1 Å². The second-order valence-corrected chi connectivity index (χ2v) is 6.75. The number of nitrogens with zero attached hydrogens (tertiary/aromatic N) is 2. The van der Waals surface area contributed by atoms with Crippen molar-refractivity contribution in [3.8, 4) is 16.3 Å². The van der Waals surface area contributed by atoms with Gasteiger partial charge in [-0.15, -0.1) is 23.7 Å². The molecule has 0 radical (unpaired) electrons. The number of nitrogens with two attached hydrogens (primary N) is 1. The molecule has 0 aliphatic carbocycles. The highest BCUT2D eigenvalue weighted by atomic mass is 35.5. The lowest BCUT2D eigenvalue weighted by Crippen LogP contribution is -2.28. The maximum absolute atomic E-state index is 5.79. The summed E-state index contributed by atoms with van der Waals surface area (Å²) < 4.78 is 5.79. The summed E-state index contributed by atoms with van der Waals surface area (Å²) in [5, 5.41) is 1.01. The minimum atomic E-state index is 0. The van der Waals surface area contributed by atoms with E-state index < -0.39 is 0 Å². The van der Waals surface area contributed by atoms with Crippen molar-refractivity contribution in [3.63, 3.8) is 0 Å². The van der Waals surface area contributed by atoms with Gasteiger partial charge in [-0.2, -0.15) is 0 Å². The van der Waals surface area contributed by atoms with Crippen LogP contribution in [0.25, 0.3) is 10.6 Å². The van der Waals surface area contributed by atoms with Gasteiger partial charge in [0.1, 0.15) is 10.8 Å². The molecule has 0 fully saturated rings. The minimum Gasteiger partial charge on any atom is -0.494 e. The normalized spacial score (nSPS) is 10.9. The van der Waals surface area contributed by atoms with Gasteiger partial charge in [0.25, 0.3) is 0 Å². The van der Waals surface area contributed by atoms with Crippen LogP contribution in [0.2, 0.25) is 0 Å². The number of aromatic nitrogens is 1. The van der Waals surface area contributed by atoms with Crippen molar-refractivity contribution < 1.29 is 4.74 Å². The van der Waals surface area contributed by atoms with Gasteiger partial charge in [-0.05, 0) is 51.6 Å². The number of halogens is 1. The molecule has 0 saturated carbocycles. The van der Waals surface area contributed by atoms with Gasteiger partial charge in [-0.25, -0.2) is 4.98 Å². The van der Waals surface area contributed by atoms with Crippen LogP contribution in [0.4, 0.5) is 0 Å². The Hall–Kier alpha value is -1.14. The van der Waals surface area contributed by atoms with Gasteiger partial charge in [0.2, 0.25) is 0 Å². The Bertz CT molecular complexity index is 571. The Morgan fingerprint density at radius 2 is 1.96 bits per heavy atom. The molecule has 1 aromatic carbocycles. The summed E-state index contributed by atoms with van der Waals surface area (Å²) in [5.74, 6) is 0.909. The second-order valence-electron chi connectivity index (χ2n) is 5.64. The van der Waals surface area contributed by atoms with E-state index in [1.807, 2.05) is 18.3 Å². The quantitative estimate of drug-likeness (QED) is 0.732. The fourth-order valence-corrected chi connectivity index (χ4v) is 2.79. The Balaban J connectivity index is 0.00000264. The van der Waals surface area contributed by atoms with Gasteiger partial charge in [0, 0.05) is 35.8 Å². The molecule has 0 aliphatic heterocycles. The zero-order valence-electron chi connectivity index (χ0n) is 14.0. The van der Waals surface area contributed by atoms with Crippen LogP contribution in [-0.2, 0) is 6.54 Å². The van der Waals surface area contributed by atoms with Crippen LogP contribution in [0.5, 0.6) is 5.75 Å². The van der Waals surface area contributed by atoms with E-state index in [4.69, 9.17) is 10.5 Å². The number of benzene rings is 1. The molecule has 6 heteroatoms. The Morgan fingerprint density at radius 3 is 2.52 bits per heavy atom. The van der Waals surface area contributed by atoms with Crippen LogP contribution in [0.1, 0.15) is 25.1 Å². The highest BCUT2D eigenvalue weighted by Crippen LogP contribution is 2.26. The third-order valence-electron chi connectivity index (χ3n) is 3.66. The van der Waals surface area contributed by atoms with E-state index in [2.05, 4.69) is 42.9 Å². The lowest BCUT2D eigenvalue weighted by molar-refractivity contribution is 0.234.